The molecule has 106 valence electrons. The lowest BCUT2D eigenvalue weighted by Crippen LogP contribution is -2.42. The number of aryl methyl sites for hydroxylation is 2. The zero-order valence-corrected chi connectivity index (χ0v) is 12.7. The Labute approximate surface area is 118 Å². The quantitative estimate of drug-likeness (QED) is 0.852. The van der Waals surface area contributed by atoms with Crippen LogP contribution in [0.4, 0.5) is 0 Å². The predicted molar refractivity (Wildman–Crippen MR) is 82.5 cm³/mol. The third-order valence-corrected chi connectivity index (χ3v) is 4.49. The molecule has 2 rings (SSSR count). The van der Waals surface area contributed by atoms with Gasteiger partial charge in [0.05, 0.1) is 0 Å². The molecule has 2 heteroatoms. The first-order chi connectivity index (χ1) is 9.11. The van der Waals surface area contributed by atoms with E-state index in [1.807, 2.05) is 0 Å². The van der Waals surface area contributed by atoms with Crippen LogP contribution < -0.4 is 5.73 Å². The van der Waals surface area contributed by atoms with E-state index in [1.165, 1.54) is 24.8 Å². The van der Waals surface area contributed by atoms with Crippen LogP contribution in [0.15, 0.2) is 18.2 Å². The first kappa shape index (κ1) is 14.5. The van der Waals surface area contributed by atoms with Crippen molar-refractivity contribution in [3.63, 3.8) is 0 Å². The molecule has 2 nitrogen and oxygen atoms in total. The van der Waals surface area contributed by atoms with Gasteiger partial charge in [0.25, 0.3) is 0 Å². The van der Waals surface area contributed by atoms with Gasteiger partial charge in [0.15, 0.2) is 0 Å². The Bertz CT molecular complexity index is 412. The molecule has 0 saturated carbocycles. The molecular formula is C17H28N2. The van der Waals surface area contributed by atoms with Crippen molar-refractivity contribution < 1.29 is 0 Å². The molecule has 1 aromatic carbocycles. The van der Waals surface area contributed by atoms with Crippen molar-refractivity contribution in [1.82, 2.24) is 4.90 Å². The van der Waals surface area contributed by atoms with Gasteiger partial charge in [-0.2, -0.15) is 0 Å². The van der Waals surface area contributed by atoms with Crippen LogP contribution in [0.3, 0.4) is 0 Å². The van der Waals surface area contributed by atoms with Gasteiger partial charge in [-0.3, -0.25) is 0 Å². The molecule has 19 heavy (non-hydrogen) atoms. The Hall–Kier alpha value is -0.860. The van der Waals surface area contributed by atoms with Crippen LogP contribution >= 0.6 is 0 Å². The van der Waals surface area contributed by atoms with Gasteiger partial charge in [0.2, 0.25) is 0 Å². The van der Waals surface area contributed by atoms with E-state index in [0.29, 0.717) is 12.0 Å². The minimum atomic E-state index is 0.495. The molecule has 0 bridgehead atoms. The van der Waals surface area contributed by atoms with Gasteiger partial charge in [-0.25, -0.2) is 0 Å². The highest BCUT2D eigenvalue weighted by Gasteiger charge is 2.17. The highest BCUT2D eigenvalue weighted by atomic mass is 15.1. The van der Waals surface area contributed by atoms with E-state index >= 15 is 0 Å². The smallest absolute Gasteiger partial charge is 0.0238 e. The summed E-state index contributed by atoms with van der Waals surface area (Å²) in [6, 6.07) is 7.56. The molecule has 0 spiro atoms. The predicted octanol–water partition coefficient (Wildman–Crippen LogP) is 2.63. The molecular weight excluding hydrogens is 232 g/mol. The number of nitrogens with two attached hydrogens (primary N) is 1. The SMILES string of the molecule is CC(C)C(CN)N(C)CCc1ccc2c(c1)CCC2. The Morgan fingerprint density at radius 2 is 1.95 bits per heavy atom. The second kappa shape index (κ2) is 6.53. The van der Waals surface area contributed by atoms with E-state index in [2.05, 4.69) is 44.0 Å². The molecule has 1 atom stereocenters. The van der Waals surface area contributed by atoms with Crippen LogP contribution in [0.2, 0.25) is 0 Å². The van der Waals surface area contributed by atoms with Crippen molar-refractivity contribution in [2.75, 3.05) is 20.1 Å². The average molecular weight is 260 g/mol. The maximum Gasteiger partial charge on any atom is 0.0238 e. The minimum Gasteiger partial charge on any atom is -0.329 e. The van der Waals surface area contributed by atoms with Crippen LogP contribution in [0.25, 0.3) is 0 Å². The van der Waals surface area contributed by atoms with Gasteiger partial charge in [-0.15, -0.1) is 0 Å². The van der Waals surface area contributed by atoms with Crippen LogP contribution in [0, 0.1) is 5.92 Å². The van der Waals surface area contributed by atoms with E-state index in [-0.39, 0.29) is 0 Å². The minimum absolute atomic E-state index is 0.495. The van der Waals surface area contributed by atoms with E-state index in [4.69, 9.17) is 5.73 Å². The third kappa shape index (κ3) is 3.58. The zero-order valence-electron chi connectivity index (χ0n) is 12.7. The molecule has 2 N–H and O–H groups in total. The van der Waals surface area contributed by atoms with Crippen molar-refractivity contribution in [2.45, 2.75) is 45.6 Å². The summed E-state index contributed by atoms with van der Waals surface area (Å²) < 4.78 is 0. The summed E-state index contributed by atoms with van der Waals surface area (Å²) in [6.07, 6.45) is 5.02. The van der Waals surface area contributed by atoms with Crippen molar-refractivity contribution in [1.29, 1.82) is 0 Å². The number of hydrogen-bond acceptors (Lipinski definition) is 2. The first-order valence-electron chi connectivity index (χ1n) is 7.62. The number of rotatable bonds is 6. The van der Waals surface area contributed by atoms with E-state index in [9.17, 15) is 0 Å². The maximum absolute atomic E-state index is 5.88. The maximum atomic E-state index is 5.88. The number of nitrogens with zero attached hydrogens (tertiary/aromatic N) is 1. The molecule has 1 aliphatic carbocycles. The first-order valence-corrected chi connectivity index (χ1v) is 7.62. The second-order valence-corrected chi connectivity index (χ2v) is 6.23. The summed E-state index contributed by atoms with van der Waals surface area (Å²) in [6.45, 7) is 6.35. The number of fused-ring (bicyclic) bond motifs is 1. The largest absolute Gasteiger partial charge is 0.329 e. The van der Waals surface area contributed by atoms with Gasteiger partial charge in [0, 0.05) is 19.1 Å². The van der Waals surface area contributed by atoms with Gasteiger partial charge < -0.3 is 10.6 Å². The molecule has 0 heterocycles. The van der Waals surface area contributed by atoms with Crippen molar-refractivity contribution in [3.05, 3.63) is 34.9 Å². The molecule has 0 amide bonds. The summed E-state index contributed by atoms with van der Waals surface area (Å²) >= 11 is 0. The summed E-state index contributed by atoms with van der Waals surface area (Å²) in [7, 11) is 2.20. The Balaban J connectivity index is 1.91. The Morgan fingerprint density at radius 1 is 1.21 bits per heavy atom. The lowest BCUT2D eigenvalue weighted by Gasteiger charge is -2.30. The van der Waals surface area contributed by atoms with Crippen LogP contribution in [0.5, 0.6) is 0 Å². The summed E-state index contributed by atoms with van der Waals surface area (Å²) in [5, 5.41) is 0. The Morgan fingerprint density at radius 3 is 2.63 bits per heavy atom. The normalized spacial score (nSPS) is 16.1. The van der Waals surface area contributed by atoms with E-state index in [1.54, 1.807) is 11.1 Å². The standard InChI is InChI=1S/C17H28N2/c1-13(2)17(12-18)19(3)10-9-14-7-8-15-5-4-6-16(15)11-14/h7-8,11,13,17H,4-6,9-10,12,18H2,1-3H3. The van der Waals surface area contributed by atoms with Crippen molar-refractivity contribution in [3.8, 4) is 0 Å². The second-order valence-electron chi connectivity index (χ2n) is 6.23. The number of likely N-dealkylation sites (N-methyl/N-ethyl adjacent to an activating group) is 1. The number of hydrogen-bond donors (Lipinski definition) is 1. The van der Waals surface area contributed by atoms with Crippen LogP contribution in [-0.4, -0.2) is 31.1 Å². The summed E-state index contributed by atoms with van der Waals surface area (Å²) in [5.41, 5.74) is 10.5. The molecule has 0 aromatic heterocycles. The summed E-state index contributed by atoms with van der Waals surface area (Å²) in [4.78, 5) is 2.41. The van der Waals surface area contributed by atoms with E-state index in [0.717, 1.165) is 19.5 Å². The zero-order chi connectivity index (χ0) is 13.8. The van der Waals surface area contributed by atoms with Crippen molar-refractivity contribution >= 4 is 0 Å². The van der Waals surface area contributed by atoms with E-state index < -0.39 is 0 Å². The average Bonchev–Trinajstić information content (AvgIpc) is 2.84. The van der Waals surface area contributed by atoms with Crippen LogP contribution in [-0.2, 0) is 19.3 Å². The Kier molecular flexibility index (Phi) is 5.00. The molecule has 0 fully saturated rings. The van der Waals surface area contributed by atoms with Gasteiger partial charge >= 0.3 is 0 Å². The number of benzene rings is 1. The molecule has 1 unspecified atom stereocenters. The molecule has 0 aliphatic heterocycles. The highest BCUT2D eigenvalue weighted by Crippen LogP contribution is 2.23. The lowest BCUT2D eigenvalue weighted by molar-refractivity contribution is 0.199. The fourth-order valence-electron chi connectivity index (χ4n) is 3.21. The van der Waals surface area contributed by atoms with Gasteiger partial charge in [0.1, 0.15) is 0 Å². The topological polar surface area (TPSA) is 29.3 Å². The third-order valence-electron chi connectivity index (χ3n) is 4.49. The monoisotopic (exact) mass is 260 g/mol. The fourth-order valence-corrected chi connectivity index (χ4v) is 3.21. The summed E-state index contributed by atoms with van der Waals surface area (Å²) in [5.74, 6) is 0.620. The fraction of sp³-hybridized carbons (Fsp3) is 0.647. The highest BCUT2D eigenvalue weighted by molar-refractivity contribution is 5.35. The molecule has 0 saturated heterocycles. The van der Waals surface area contributed by atoms with Crippen molar-refractivity contribution in [2.24, 2.45) is 11.7 Å². The van der Waals surface area contributed by atoms with Crippen LogP contribution in [0.1, 0.15) is 37.0 Å². The van der Waals surface area contributed by atoms with Gasteiger partial charge in [-0.1, -0.05) is 32.0 Å². The molecule has 1 aromatic rings. The van der Waals surface area contributed by atoms with Gasteiger partial charge in [-0.05, 0) is 55.3 Å². The molecule has 1 aliphatic rings. The lowest BCUT2D eigenvalue weighted by atomic mass is 10.0. The molecule has 0 radical (unpaired) electrons.